The molecule has 0 aliphatic carbocycles. The Hall–Kier alpha value is -2.82. The van der Waals surface area contributed by atoms with Crippen LogP contribution >= 0.6 is 11.3 Å². The average molecular weight is 371 g/mol. The molecule has 0 aliphatic rings. The van der Waals surface area contributed by atoms with E-state index in [1.54, 1.807) is 0 Å². The van der Waals surface area contributed by atoms with Crippen LogP contribution < -0.4 is 5.32 Å². The van der Waals surface area contributed by atoms with Crippen LogP contribution in [0.5, 0.6) is 0 Å². The average Bonchev–Trinajstić information content (AvgIpc) is 3.13. The van der Waals surface area contributed by atoms with Crippen LogP contribution in [0.1, 0.15) is 22.5 Å². The largest absolute Gasteiger partial charge is 0.298 e. The lowest BCUT2D eigenvalue weighted by atomic mass is 10.2. The molecule has 1 amide bonds. The summed E-state index contributed by atoms with van der Waals surface area (Å²) in [6.07, 6.45) is 0.0513. The molecule has 3 rings (SSSR count). The summed E-state index contributed by atoms with van der Waals surface area (Å²) in [5.74, 6) is -3.25. The molecule has 0 radical (unpaired) electrons. The lowest BCUT2D eigenvalue weighted by molar-refractivity contribution is 0.101. The molecule has 0 aliphatic heterocycles. The molecule has 0 saturated heterocycles. The van der Waals surface area contributed by atoms with Gasteiger partial charge >= 0.3 is 0 Å². The van der Waals surface area contributed by atoms with Crippen LogP contribution in [0.3, 0.4) is 0 Å². The fourth-order valence-corrected chi connectivity index (χ4v) is 2.92. The molecule has 0 saturated carbocycles. The van der Waals surface area contributed by atoms with E-state index in [0.29, 0.717) is 23.0 Å². The fraction of sp³-hybridized carbons (Fsp3) is 0.143. The van der Waals surface area contributed by atoms with Crippen molar-refractivity contribution in [1.29, 1.82) is 0 Å². The van der Waals surface area contributed by atoms with E-state index < -0.39 is 35.2 Å². The monoisotopic (exact) mass is 371 g/mol. The minimum absolute atomic E-state index is 0.0513. The maximum Gasteiger partial charge on any atom is 0.282 e. The van der Waals surface area contributed by atoms with Gasteiger partial charge in [0.2, 0.25) is 0 Å². The van der Waals surface area contributed by atoms with Crippen molar-refractivity contribution in [3.63, 3.8) is 0 Å². The summed E-state index contributed by atoms with van der Waals surface area (Å²) in [5.41, 5.74) is -0.806. The third-order valence-electron chi connectivity index (χ3n) is 3.18. The minimum Gasteiger partial charge on any atom is -0.298 e. The molecule has 130 valence electrons. The van der Waals surface area contributed by atoms with Gasteiger partial charge in [0.1, 0.15) is 11.3 Å². The Kier molecular flexibility index (Phi) is 4.49. The predicted octanol–water partition coefficient (Wildman–Crippen LogP) is 3.41. The second-order valence-electron chi connectivity index (χ2n) is 4.84. The zero-order valence-corrected chi connectivity index (χ0v) is 13.3. The number of amides is 1. The Morgan fingerprint density at radius 3 is 2.52 bits per heavy atom. The van der Waals surface area contributed by atoms with Gasteiger partial charge in [0, 0.05) is 13.2 Å². The number of aryl methyl sites for hydroxylation is 1. The number of nitrogens with zero attached hydrogens (tertiary/aromatic N) is 4. The maximum absolute atomic E-state index is 13.5. The van der Waals surface area contributed by atoms with Crippen molar-refractivity contribution >= 4 is 22.4 Å². The van der Waals surface area contributed by atoms with Gasteiger partial charge in [-0.15, -0.1) is 0 Å². The van der Waals surface area contributed by atoms with Gasteiger partial charge in [-0.3, -0.25) is 19.8 Å². The van der Waals surface area contributed by atoms with Gasteiger partial charge in [-0.2, -0.15) is 5.10 Å². The normalized spacial score (nSPS) is 11.1. The van der Waals surface area contributed by atoms with Crippen molar-refractivity contribution in [3.8, 4) is 10.6 Å². The van der Waals surface area contributed by atoms with Crippen LogP contribution in [0, 0.1) is 11.6 Å². The third-order valence-corrected chi connectivity index (χ3v) is 4.12. The van der Waals surface area contributed by atoms with Crippen molar-refractivity contribution in [3.05, 3.63) is 47.5 Å². The maximum atomic E-state index is 13.5. The summed E-state index contributed by atoms with van der Waals surface area (Å²) in [6, 6.07) is 1.20. The summed E-state index contributed by atoms with van der Waals surface area (Å²) in [5, 5.41) is 5.99. The van der Waals surface area contributed by atoms with Gasteiger partial charge in [0.15, 0.2) is 16.8 Å². The lowest BCUT2D eigenvalue weighted by Gasteiger charge is -2.03. The van der Waals surface area contributed by atoms with Crippen molar-refractivity contribution in [2.45, 2.75) is 6.43 Å². The van der Waals surface area contributed by atoms with Crippen LogP contribution in [0.4, 0.5) is 22.7 Å². The summed E-state index contributed by atoms with van der Waals surface area (Å²) in [7, 11) is 1.49. The van der Waals surface area contributed by atoms with Gasteiger partial charge in [0.05, 0.1) is 23.0 Å². The molecule has 0 spiro atoms. The van der Waals surface area contributed by atoms with E-state index in [9.17, 15) is 22.4 Å². The number of carbonyl (C=O) groups excluding carboxylic acids is 1. The molecular formula is C14H9F4N5OS. The molecule has 0 unspecified atom stereocenters. The second-order valence-corrected chi connectivity index (χ2v) is 5.87. The molecule has 1 N–H and O–H groups in total. The number of alkyl halides is 2. The van der Waals surface area contributed by atoms with Gasteiger partial charge in [0.25, 0.3) is 12.3 Å². The molecule has 0 aromatic carbocycles. The number of halogens is 4. The minimum atomic E-state index is -2.72. The van der Waals surface area contributed by atoms with Crippen LogP contribution in [-0.4, -0.2) is 25.7 Å². The first-order valence-corrected chi connectivity index (χ1v) is 7.57. The van der Waals surface area contributed by atoms with E-state index in [1.165, 1.54) is 24.0 Å². The number of hydrogen-bond acceptors (Lipinski definition) is 5. The Morgan fingerprint density at radius 2 is 1.92 bits per heavy atom. The van der Waals surface area contributed by atoms with E-state index >= 15 is 0 Å². The highest BCUT2D eigenvalue weighted by atomic mass is 32.1. The van der Waals surface area contributed by atoms with Gasteiger partial charge < -0.3 is 0 Å². The van der Waals surface area contributed by atoms with E-state index in [-0.39, 0.29) is 5.13 Å². The predicted molar refractivity (Wildman–Crippen MR) is 81.4 cm³/mol. The van der Waals surface area contributed by atoms with Gasteiger partial charge in [-0.05, 0) is 6.07 Å². The Balaban J connectivity index is 1.84. The molecule has 25 heavy (non-hydrogen) atoms. The Bertz CT molecular complexity index is 919. The Morgan fingerprint density at radius 1 is 1.24 bits per heavy atom. The van der Waals surface area contributed by atoms with Crippen LogP contribution in [0.2, 0.25) is 0 Å². The fourth-order valence-electron chi connectivity index (χ4n) is 2.06. The standard InChI is InChI=1S/C14H9F4N5OS/c1-23-9(2-8(22-23)12(17)18)10-5-20-14(25-10)21-13(24)11-6(15)3-19-4-7(11)16/h2-5,12H,1H3,(H,20,21,24). The molecule has 0 atom stereocenters. The van der Waals surface area contributed by atoms with Gasteiger partial charge in [-0.25, -0.2) is 22.5 Å². The van der Waals surface area contributed by atoms with Crippen LogP contribution in [0.25, 0.3) is 10.6 Å². The summed E-state index contributed by atoms with van der Waals surface area (Å²) in [4.78, 5) is 19.6. The van der Waals surface area contributed by atoms with E-state index in [2.05, 4.69) is 20.4 Å². The van der Waals surface area contributed by atoms with Crippen LogP contribution in [-0.2, 0) is 7.05 Å². The zero-order valence-electron chi connectivity index (χ0n) is 12.5. The van der Waals surface area contributed by atoms with Crippen molar-refractivity contribution in [2.75, 3.05) is 5.32 Å². The summed E-state index contributed by atoms with van der Waals surface area (Å²) in [6.45, 7) is 0. The summed E-state index contributed by atoms with van der Waals surface area (Å²) >= 11 is 0.951. The number of carbonyl (C=O) groups is 1. The number of rotatable bonds is 4. The van der Waals surface area contributed by atoms with E-state index in [0.717, 1.165) is 11.3 Å². The highest BCUT2D eigenvalue weighted by Crippen LogP contribution is 2.31. The molecule has 11 heteroatoms. The van der Waals surface area contributed by atoms with E-state index in [4.69, 9.17) is 0 Å². The number of anilines is 1. The number of thiazole rings is 1. The lowest BCUT2D eigenvalue weighted by Crippen LogP contribution is -2.16. The molecule has 0 fully saturated rings. The highest BCUT2D eigenvalue weighted by molar-refractivity contribution is 7.19. The first-order chi connectivity index (χ1) is 11.9. The smallest absolute Gasteiger partial charge is 0.282 e. The van der Waals surface area contributed by atoms with Crippen molar-refractivity contribution < 1.29 is 22.4 Å². The number of hydrogen-bond donors (Lipinski definition) is 1. The summed E-state index contributed by atoms with van der Waals surface area (Å²) < 4.78 is 53.7. The molecule has 0 bridgehead atoms. The topological polar surface area (TPSA) is 72.7 Å². The van der Waals surface area contributed by atoms with E-state index in [1.807, 2.05) is 0 Å². The quantitative estimate of drug-likeness (QED) is 0.714. The molecular weight excluding hydrogens is 362 g/mol. The zero-order chi connectivity index (χ0) is 18.1. The molecule has 3 heterocycles. The van der Waals surface area contributed by atoms with Crippen LogP contribution in [0.15, 0.2) is 24.7 Å². The first-order valence-electron chi connectivity index (χ1n) is 6.75. The SMILES string of the molecule is Cn1nc(C(F)F)cc1-c1cnc(NC(=O)c2c(F)cncc2F)s1. The number of aromatic nitrogens is 4. The molecule has 6 nitrogen and oxygen atoms in total. The second kappa shape index (κ2) is 6.59. The van der Waals surface area contributed by atoms with Crippen molar-refractivity contribution in [2.24, 2.45) is 7.05 Å². The van der Waals surface area contributed by atoms with Crippen molar-refractivity contribution in [1.82, 2.24) is 19.7 Å². The number of nitrogens with one attached hydrogen (secondary N) is 1. The number of pyridine rings is 1. The first kappa shape index (κ1) is 17.0. The highest BCUT2D eigenvalue weighted by Gasteiger charge is 2.20. The van der Waals surface area contributed by atoms with Gasteiger partial charge in [-0.1, -0.05) is 11.3 Å². The molecule has 3 aromatic rings. The molecule has 3 aromatic heterocycles. The third kappa shape index (κ3) is 3.36. The Labute approximate surface area is 142 Å².